The maximum Gasteiger partial charge on any atom is 0.469 e. The average Bonchev–Trinajstić information content (AvgIpc) is 3.11. The lowest BCUT2D eigenvalue weighted by molar-refractivity contribution is -0.137. The molecule has 2 aromatic carbocycles. The zero-order chi connectivity index (χ0) is 24.0. The Labute approximate surface area is 206 Å². The molecular weight excluding hydrogens is 595 g/mol. The van der Waals surface area contributed by atoms with Crippen molar-refractivity contribution in [1.82, 2.24) is 4.98 Å². The fourth-order valence-corrected chi connectivity index (χ4v) is 3.89. The highest BCUT2D eigenvalue weighted by Crippen LogP contribution is 2.38. The number of amides is 1. The molecule has 182 valence electrons. The topological polar surface area (TPSA) is 129 Å². The van der Waals surface area contributed by atoms with Gasteiger partial charge in [-0.1, -0.05) is 24.3 Å². The molecule has 0 aliphatic carbocycles. The Morgan fingerprint density at radius 1 is 1.15 bits per heavy atom. The van der Waals surface area contributed by atoms with Gasteiger partial charge >= 0.3 is 20.1 Å². The minimum Gasteiger partial charge on any atom is -0.441 e. The van der Waals surface area contributed by atoms with Gasteiger partial charge in [0, 0.05) is 22.3 Å². The molecule has 4 rings (SSSR count). The molecule has 0 radical (unpaired) electrons. The van der Waals surface area contributed by atoms with Crippen molar-refractivity contribution in [3.8, 4) is 11.3 Å². The number of anilines is 1. The van der Waals surface area contributed by atoms with Crippen molar-refractivity contribution in [2.45, 2.75) is 12.3 Å². The Hall–Kier alpha value is -2.45. The summed E-state index contributed by atoms with van der Waals surface area (Å²) in [5.74, 6) is 0. The number of pyridine rings is 1. The van der Waals surface area contributed by atoms with E-state index in [9.17, 15) is 27.3 Å². The van der Waals surface area contributed by atoms with E-state index in [0.29, 0.717) is 5.39 Å². The third-order valence-corrected chi connectivity index (χ3v) is 5.45. The van der Waals surface area contributed by atoms with Crippen molar-refractivity contribution >= 4 is 54.4 Å². The molecule has 3 aromatic rings. The van der Waals surface area contributed by atoms with E-state index in [1.807, 2.05) is 0 Å². The highest BCUT2D eigenvalue weighted by atomic mass is 127. The molecule has 1 unspecified atom stereocenters. The summed E-state index contributed by atoms with van der Waals surface area (Å²) in [6.45, 7) is -0.609. The number of carbonyl (C=O) groups is 1. The number of carbonyl (C=O) groups excluding carboxylic acids is 1. The number of aromatic nitrogens is 1. The van der Waals surface area contributed by atoms with Gasteiger partial charge in [0.25, 0.3) is 5.56 Å². The first-order valence-electron chi connectivity index (χ1n) is 9.44. The second kappa shape index (κ2) is 9.66. The minimum absolute atomic E-state index is 0. The Bertz CT molecular complexity index is 1340. The van der Waals surface area contributed by atoms with Crippen LogP contribution in [0.15, 0.2) is 53.3 Å². The summed E-state index contributed by atoms with van der Waals surface area (Å²) in [6.07, 6.45) is -6.36. The van der Waals surface area contributed by atoms with E-state index in [2.05, 4.69) is 9.51 Å². The fourth-order valence-electron chi connectivity index (χ4n) is 3.53. The highest BCUT2D eigenvalue weighted by Gasteiger charge is 2.35. The number of phosphoric ester groups is 1. The molecule has 1 aliphatic rings. The van der Waals surface area contributed by atoms with Gasteiger partial charge in [-0.25, -0.2) is 9.36 Å². The number of phosphoric acid groups is 1. The molecule has 1 atom stereocenters. The summed E-state index contributed by atoms with van der Waals surface area (Å²) < 4.78 is 60.3. The van der Waals surface area contributed by atoms with Crippen molar-refractivity contribution in [3.63, 3.8) is 0 Å². The smallest absolute Gasteiger partial charge is 0.441 e. The van der Waals surface area contributed by atoms with Gasteiger partial charge in [-0.3, -0.25) is 14.2 Å². The van der Waals surface area contributed by atoms with E-state index in [1.54, 1.807) is 0 Å². The Kier molecular flexibility index (Phi) is 7.43. The SMILES string of the molecule is I.O=C1OC(COP(=O)(O)O)CN1c1ccc2cc(-c3ccccc3C(F)(F)F)[nH]c(=O)c2c1. The van der Waals surface area contributed by atoms with Crippen molar-refractivity contribution in [1.29, 1.82) is 0 Å². The maximum absolute atomic E-state index is 13.4. The monoisotopic (exact) mass is 612 g/mol. The van der Waals surface area contributed by atoms with E-state index in [0.717, 1.165) is 11.0 Å². The number of fused-ring (bicyclic) bond motifs is 1. The lowest BCUT2D eigenvalue weighted by Gasteiger charge is -2.15. The average molecular weight is 612 g/mol. The molecule has 1 fully saturated rings. The molecule has 0 spiro atoms. The van der Waals surface area contributed by atoms with Crippen molar-refractivity contribution in [3.05, 3.63) is 64.4 Å². The van der Waals surface area contributed by atoms with Crippen LogP contribution in [0.25, 0.3) is 22.0 Å². The number of alkyl halides is 3. The van der Waals surface area contributed by atoms with E-state index in [1.165, 1.54) is 42.5 Å². The zero-order valence-electron chi connectivity index (χ0n) is 17.0. The second-order valence-corrected chi connectivity index (χ2v) is 8.47. The van der Waals surface area contributed by atoms with Crippen LogP contribution in [0.2, 0.25) is 0 Å². The molecule has 1 aliphatic heterocycles. The van der Waals surface area contributed by atoms with Crippen molar-refractivity contribution < 1.29 is 41.6 Å². The number of cyclic esters (lactones) is 1. The number of halogens is 4. The van der Waals surface area contributed by atoms with Gasteiger partial charge in [0.15, 0.2) is 0 Å². The van der Waals surface area contributed by atoms with E-state index >= 15 is 0 Å². The largest absolute Gasteiger partial charge is 0.469 e. The van der Waals surface area contributed by atoms with E-state index < -0.39 is 43.9 Å². The minimum atomic E-state index is -4.74. The summed E-state index contributed by atoms with van der Waals surface area (Å²) in [5, 5.41) is 0.479. The molecule has 3 N–H and O–H groups in total. The Balaban J connectivity index is 0.00000324. The van der Waals surface area contributed by atoms with Crippen LogP contribution >= 0.6 is 31.8 Å². The van der Waals surface area contributed by atoms with Crippen LogP contribution in [0.3, 0.4) is 0 Å². The summed E-state index contributed by atoms with van der Waals surface area (Å²) in [6, 6.07) is 10.6. The zero-order valence-corrected chi connectivity index (χ0v) is 20.2. The number of H-pyrrole nitrogens is 1. The van der Waals surface area contributed by atoms with Crippen LogP contribution < -0.4 is 10.5 Å². The number of nitrogens with zero attached hydrogens (tertiary/aromatic N) is 1. The molecule has 0 bridgehead atoms. The first-order chi connectivity index (χ1) is 15.4. The highest BCUT2D eigenvalue weighted by molar-refractivity contribution is 14.0. The number of hydrogen-bond acceptors (Lipinski definition) is 5. The van der Waals surface area contributed by atoms with E-state index in [-0.39, 0.29) is 52.9 Å². The summed E-state index contributed by atoms with van der Waals surface area (Å²) in [5.41, 5.74) is -1.47. The van der Waals surface area contributed by atoms with Crippen LogP contribution in [-0.2, 0) is 20.0 Å². The Morgan fingerprint density at radius 2 is 1.85 bits per heavy atom. The van der Waals surface area contributed by atoms with Crippen LogP contribution in [-0.4, -0.2) is 40.1 Å². The number of benzene rings is 2. The molecule has 9 nitrogen and oxygen atoms in total. The molecule has 14 heteroatoms. The van der Waals surface area contributed by atoms with Gasteiger partial charge < -0.3 is 19.5 Å². The molecule has 1 amide bonds. The summed E-state index contributed by atoms with van der Waals surface area (Å²) in [7, 11) is -4.74. The lowest BCUT2D eigenvalue weighted by atomic mass is 10.0. The molecule has 0 saturated carbocycles. The Morgan fingerprint density at radius 3 is 2.53 bits per heavy atom. The quantitative estimate of drug-likeness (QED) is 0.290. The van der Waals surface area contributed by atoms with Gasteiger partial charge in [0.05, 0.1) is 18.7 Å². The lowest BCUT2D eigenvalue weighted by Crippen LogP contribution is -2.26. The van der Waals surface area contributed by atoms with Crippen LogP contribution in [0.1, 0.15) is 5.56 Å². The summed E-state index contributed by atoms with van der Waals surface area (Å²) >= 11 is 0. The normalized spacial score (nSPS) is 16.4. The number of hydrogen-bond donors (Lipinski definition) is 3. The number of aromatic amines is 1. The first-order valence-corrected chi connectivity index (χ1v) is 11.0. The number of ether oxygens (including phenoxy) is 1. The van der Waals surface area contributed by atoms with E-state index in [4.69, 9.17) is 14.5 Å². The molecule has 2 heterocycles. The van der Waals surface area contributed by atoms with Gasteiger partial charge in [0.1, 0.15) is 6.10 Å². The number of rotatable bonds is 5. The van der Waals surface area contributed by atoms with Crippen molar-refractivity contribution in [2.24, 2.45) is 0 Å². The maximum atomic E-state index is 13.4. The van der Waals surface area contributed by atoms with Crippen molar-refractivity contribution in [2.75, 3.05) is 18.1 Å². The predicted molar refractivity (Wildman–Crippen MR) is 126 cm³/mol. The first kappa shape index (κ1) is 26.2. The predicted octanol–water partition coefficient (Wildman–Crippen LogP) is 4.27. The van der Waals surface area contributed by atoms with Gasteiger partial charge in [0.2, 0.25) is 0 Å². The van der Waals surface area contributed by atoms with Gasteiger partial charge in [-0.2, -0.15) is 13.2 Å². The van der Waals surface area contributed by atoms with Gasteiger partial charge in [-0.05, 0) is 29.7 Å². The summed E-state index contributed by atoms with van der Waals surface area (Å²) in [4.78, 5) is 46.0. The molecular formula is C20H17F3IN2O7P. The molecule has 1 aromatic heterocycles. The van der Waals surface area contributed by atoms with Crippen LogP contribution in [0.4, 0.5) is 23.7 Å². The fraction of sp³-hybridized carbons (Fsp3) is 0.200. The van der Waals surface area contributed by atoms with Crippen LogP contribution in [0, 0.1) is 0 Å². The standard InChI is InChI=1S/C20H16F3N2O7P.HI/c21-20(22,23)16-4-2-1-3-14(16)17-7-11-5-6-12(8-15(11)18(26)24-17)25-9-13(32-19(25)27)10-31-33(28,29)30;/h1-8,13H,9-10H2,(H,24,26)(H2,28,29,30);1H. The van der Waals surface area contributed by atoms with Crippen LogP contribution in [0.5, 0.6) is 0 Å². The number of nitrogens with one attached hydrogen (secondary N) is 1. The third kappa shape index (κ3) is 5.61. The molecule has 34 heavy (non-hydrogen) atoms. The third-order valence-electron chi connectivity index (χ3n) is 4.97. The second-order valence-electron chi connectivity index (χ2n) is 7.23. The van der Waals surface area contributed by atoms with Gasteiger partial charge in [-0.15, -0.1) is 24.0 Å². The molecule has 1 saturated heterocycles.